The third-order valence-corrected chi connectivity index (χ3v) is 4.30. The Bertz CT molecular complexity index is 526. The molecule has 1 fully saturated rings. The number of phenolic OH excluding ortho intramolecular Hbond substituents is 1. The van der Waals surface area contributed by atoms with Crippen LogP contribution in [0.15, 0.2) is 54.6 Å². The normalized spacial score (nSPS) is 17.5. The minimum absolute atomic E-state index is 0.338. The van der Waals surface area contributed by atoms with E-state index in [-0.39, 0.29) is 0 Å². The zero-order chi connectivity index (χ0) is 13.1. The molecule has 0 heterocycles. The van der Waals surface area contributed by atoms with Crippen LogP contribution in [0.4, 0.5) is 0 Å². The highest BCUT2D eigenvalue weighted by Gasteiger charge is 2.29. The van der Waals surface area contributed by atoms with Gasteiger partial charge in [-0.25, -0.2) is 0 Å². The van der Waals surface area contributed by atoms with Gasteiger partial charge in [0.25, 0.3) is 0 Å². The van der Waals surface area contributed by atoms with Gasteiger partial charge in [0, 0.05) is 11.5 Å². The van der Waals surface area contributed by atoms with Crippen molar-refractivity contribution >= 4 is 0 Å². The molecule has 1 saturated carbocycles. The molecule has 0 saturated heterocycles. The molecule has 1 heteroatoms. The Hall–Kier alpha value is -1.76. The Balaban J connectivity index is 2.04. The van der Waals surface area contributed by atoms with Crippen LogP contribution >= 0.6 is 0 Å². The van der Waals surface area contributed by atoms with Gasteiger partial charge in [-0.3, -0.25) is 0 Å². The predicted molar refractivity (Wildman–Crippen MR) is 78.3 cm³/mol. The SMILES string of the molecule is Oc1ccccc1C(c1ccccc1)C1CCCC1. The van der Waals surface area contributed by atoms with Gasteiger partial charge in [-0.15, -0.1) is 0 Å². The molecule has 0 bridgehead atoms. The molecule has 0 amide bonds. The Kier molecular flexibility index (Phi) is 3.54. The van der Waals surface area contributed by atoms with Gasteiger partial charge in [0.15, 0.2) is 0 Å². The molecule has 1 atom stereocenters. The maximum absolute atomic E-state index is 10.2. The Morgan fingerprint density at radius 3 is 2.16 bits per heavy atom. The number of phenols is 1. The first-order chi connectivity index (χ1) is 9.36. The van der Waals surface area contributed by atoms with E-state index in [2.05, 4.69) is 36.4 Å². The summed E-state index contributed by atoms with van der Waals surface area (Å²) in [6, 6.07) is 18.4. The van der Waals surface area contributed by atoms with Gasteiger partial charge >= 0.3 is 0 Å². The molecule has 0 aliphatic heterocycles. The summed E-state index contributed by atoms with van der Waals surface area (Å²) in [5.74, 6) is 1.43. The lowest BCUT2D eigenvalue weighted by atomic mass is 9.79. The first-order valence-electron chi connectivity index (χ1n) is 7.19. The van der Waals surface area contributed by atoms with Crippen LogP contribution in [0.5, 0.6) is 5.75 Å². The summed E-state index contributed by atoms with van der Waals surface area (Å²) in [7, 11) is 0. The van der Waals surface area contributed by atoms with Crippen molar-refractivity contribution < 1.29 is 5.11 Å². The molecule has 19 heavy (non-hydrogen) atoms. The van der Waals surface area contributed by atoms with E-state index in [9.17, 15) is 5.11 Å². The van der Waals surface area contributed by atoms with Crippen LogP contribution < -0.4 is 0 Å². The maximum Gasteiger partial charge on any atom is 0.119 e. The molecule has 0 spiro atoms. The molecule has 1 aliphatic rings. The summed E-state index contributed by atoms with van der Waals surface area (Å²) in [5, 5.41) is 10.2. The van der Waals surface area contributed by atoms with Crippen molar-refractivity contribution in [1.82, 2.24) is 0 Å². The lowest BCUT2D eigenvalue weighted by Crippen LogP contribution is -2.11. The molecule has 98 valence electrons. The molecule has 0 aromatic heterocycles. The summed E-state index contributed by atoms with van der Waals surface area (Å²) in [4.78, 5) is 0. The third-order valence-electron chi connectivity index (χ3n) is 4.30. The largest absolute Gasteiger partial charge is 0.508 e. The van der Waals surface area contributed by atoms with Gasteiger partial charge in [0.2, 0.25) is 0 Å². The zero-order valence-corrected chi connectivity index (χ0v) is 11.1. The number of aromatic hydroxyl groups is 1. The maximum atomic E-state index is 10.2. The van der Waals surface area contributed by atoms with Crippen LogP contribution in [0.25, 0.3) is 0 Å². The first-order valence-corrected chi connectivity index (χ1v) is 7.19. The second kappa shape index (κ2) is 5.48. The standard InChI is InChI=1S/C18H20O/c19-17-13-7-6-12-16(17)18(15-10-4-5-11-15)14-8-2-1-3-9-14/h1-3,6-9,12-13,15,18-19H,4-5,10-11H2. The van der Waals surface area contributed by atoms with E-state index in [0.29, 0.717) is 17.6 Å². The van der Waals surface area contributed by atoms with Gasteiger partial charge in [0.1, 0.15) is 5.75 Å². The summed E-state index contributed by atoms with van der Waals surface area (Å²) >= 11 is 0. The van der Waals surface area contributed by atoms with Gasteiger partial charge < -0.3 is 5.11 Å². The van der Waals surface area contributed by atoms with E-state index in [0.717, 1.165) is 5.56 Å². The van der Waals surface area contributed by atoms with Crippen LogP contribution in [-0.4, -0.2) is 5.11 Å². The second-order valence-electron chi connectivity index (χ2n) is 5.49. The van der Waals surface area contributed by atoms with Crippen LogP contribution in [0.3, 0.4) is 0 Å². The van der Waals surface area contributed by atoms with Crippen molar-refractivity contribution in [2.24, 2.45) is 5.92 Å². The number of rotatable bonds is 3. The number of hydrogen-bond acceptors (Lipinski definition) is 1. The Morgan fingerprint density at radius 1 is 0.842 bits per heavy atom. The number of para-hydroxylation sites is 1. The lowest BCUT2D eigenvalue weighted by molar-refractivity contribution is 0.434. The summed E-state index contributed by atoms with van der Waals surface area (Å²) in [5.41, 5.74) is 2.41. The minimum Gasteiger partial charge on any atom is -0.508 e. The highest BCUT2D eigenvalue weighted by atomic mass is 16.3. The van der Waals surface area contributed by atoms with Gasteiger partial charge in [-0.2, -0.15) is 0 Å². The monoisotopic (exact) mass is 252 g/mol. The quantitative estimate of drug-likeness (QED) is 0.838. The number of hydrogen-bond donors (Lipinski definition) is 1. The highest BCUT2D eigenvalue weighted by molar-refractivity contribution is 5.41. The van der Waals surface area contributed by atoms with Crippen molar-refractivity contribution in [1.29, 1.82) is 0 Å². The van der Waals surface area contributed by atoms with Crippen molar-refractivity contribution in [3.8, 4) is 5.75 Å². The van der Waals surface area contributed by atoms with E-state index < -0.39 is 0 Å². The van der Waals surface area contributed by atoms with E-state index in [1.54, 1.807) is 6.07 Å². The Morgan fingerprint density at radius 2 is 1.47 bits per heavy atom. The average Bonchev–Trinajstić information content (AvgIpc) is 2.96. The fourth-order valence-corrected chi connectivity index (χ4v) is 3.41. The van der Waals surface area contributed by atoms with Crippen LogP contribution in [0.1, 0.15) is 42.7 Å². The topological polar surface area (TPSA) is 20.2 Å². The smallest absolute Gasteiger partial charge is 0.119 e. The first kappa shape index (κ1) is 12.3. The van der Waals surface area contributed by atoms with Gasteiger partial charge in [-0.1, -0.05) is 61.4 Å². The summed E-state index contributed by atoms with van der Waals surface area (Å²) < 4.78 is 0. The average molecular weight is 252 g/mol. The fraction of sp³-hybridized carbons (Fsp3) is 0.333. The molecule has 1 nitrogen and oxygen atoms in total. The molecule has 3 rings (SSSR count). The second-order valence-corrected chi connectivity index (χ2v) is 5.49. The van der Waals surface area contributed by atoms with E-state index in [4.69, 9.17) is 0 Å². The zero-order valence-electron chi connectivity index (χ0n) is 11.1. The van der Waals surface area contributed by atoms with Gasteiger partial charge in [-0.05, 0) is 30.4 Å². The van der Waals surface area contributed by atoms with Crippen molar-refractivity contribution in [2.45, 2.75) is 31.6 Å². The molecular weight excluding hydrogens is 232 g/mol. The van der Waals surface area contributed by atoms with E-state index in [1.165, 1.54) is 31.2 Å². The van der Waals surface area contributed by atoms with Crippen LogP contribution in [-0.2, 0) is 0 Å². The fourth-order valence-electron chi connectivity index (χ4n) is 3.41. The molecular formula is C18H20O. The third kappa shape index (κ3) is 2.51. The van der Waals surface area contributed by atoms with Gasteiger partial charge in [0.05, 0.1) is 0 Å². The molecule has 1 N–H and O–H groups in total. The number of benzene rings is 2. The summed E-state index contributed by atoms with van der Waals surface area (Å²) in [6.45, 7) is 0. The molecule has 2 aromatic carbocycles. The minimum atomic E-state index is 0.338. The molecule has 1 aliphatic carbocycles. The Labute approximate surface area is 114 Å². The predicted octanol–water partition coefficient (Wildman–Crippen LogP) is 4.71. The van der Waals surface area contributed by atoms with E-state index in [1.807, 2.05) is 12.1 Å². The van der Waals surface area contributed by atoms with Crippen molar-refractivity contribution in [3.63, 3.8) is 0 Å². The van der Waals surface area contributed by atoms with Crippen LogP contribution in [0.2, 0.25) is 0 Å². The highest BCUT2D eigenvalue weighted by Crippen LogP contribution is 2.43. The summed E-state index contributed by atoms with van der Waals surface area (Å²) in [6.07, 6.45) is 5.19. The van der Waals surface area contributed by atoms with E-state index >= 15 is 0 Å². The van der Waals surface area contributed by atoms with Crippen molar-refractivity contribution in [2.75, 3.05) is 0 Å². The molecule has 1 unspecified atom stereocenters. The molecule has 0 radical (unpaired) electrons. The van der Waals surface area contributed by atoms with Crippen molar-refractivity contribution in [3.05, 3.63) is 65.7 Å². The van der Waals surface area contributed by atoms with Crippen LogP contribution in [0, 0.1) is 5.92 Å². The lowest BCUT2D eigenvalue weighted by Gasteiger charge is -2.25. The molecule has 2 aromatic rings.